The molecular weight excluding hydrogens is 250 g/mol. The Hall–Kier alpha value is -0.180. The molecule has 1 unspecified atom stereocenters. The van der Waals surface area contributed by atoms with Crippen LogP contribution < -0.4 is 5.73 Å². The molecule has 0 aliphatic heterocycles. The van der Waals surface area contributed by atoms with E-state index in [1.165, 1.54) is 10.5 Å². The second kappa shape index (κ2) is 6.12. The van der Waals surface area contributed by atoms with Gasteiger partial charge in [0.1, 0.15) is 0 Å². The fourth-order valence-electron chi connectivity index (χ4n) is 1.56. The topological polar surface area (TPSA) is 26.0 Å². The average Bonchev–Trinajstić information content (AvgIpc) is 2.20. The number of hydrogen-bond acceptors (Lipinski definition) is 2. The van der Waals surface area contributed by atoms with Gasteiger partial charge in [0.25, 0.3) is 0 Å². The Morgan fingerprint density at radius 1 is 1.35 bits per heavy atom. The molecule has 0 radical (unpaired) electrons. The maximum Gasteiger partial charge on any atom is 0.0409 e. The van der Waals surface area contributed by atoms with Crippen molar-refractivity contribution >= 4 is 23.4 Å². The van der Waals surface area contributed by atoms with Crippen LogP contribution in [0, 0.1) is 0 Å². The van der Waals surface area contributed by atoms with Crippen LogP contribution in [0.4, 0.5) is 0 Å². The Balaban J connectivity index is 2.95. The van der Waals surface area contributed by atoms with E-state index in [1.807, 2.05) is 23.9 Å². The molecule has 0 aliphatic rings. The quantitative estimate of drug-likeness (QED) is 0.816. The van der Waals surface area contributed by atoms with Gasteiger partial charge in [0.15, 0.2) is 0 Å². The summed E-state index contributed by atoms with van der Waals surface area (Å²) < 4.78 is 0.207. The first-order chi connectivity index (χ1) is 7.81. The Kier molecular flexibility index (Phi) is 5.36. The highest BCUT2D eigenvalue weighted by molar-refractivity contribution is 8.00. The van der Waals surface area contributed by atoms with Gasteiger partial charge in [-0.1, -0.05) is 39.3 Å². The van der Waals surface area contributed by atoms with Crippen molar-refractivity contribution in [3.63, 3.8) is 0 Å². The molecule has 0 amide bonds. The molecular formula is C14H22ClNS. The van der Waals surface area contributed by atoms with Crippen molar-refractivity contribution in [2.75, 3.05) is 0 Å². The number of halogens is 1. The van der Waals surface area contributed by atoms with Crippen LogP contribution in [0.1, 0.15) is 39.7 Å². The predicted molar refractivity (Wildman–Crippen MR) is 79.0 cm³/mol. The third-order valence-corrected chi connectivity index (χ3v) is 3.91. The number of rotatable bonds is 4. The normalized spacial score (nSPS) is 13.8. The number of thioether (sulfide) groups is 1. The predicted octanol–water partition coefficient (Wildman–Crippen LogP) is 4.51. The molecule has 96 valence electrons. The first-order valence-electron chi connectivity index (χ1n) is 6.05. The van der Waals surface area contributed by atoms with E-state index in [0.29, 0.717) is 0 Å². The molecule has 3 heteroatoms. The smallest absolute Gasteiger partial charge is 0.0409 e. The zero-order valence-electron chi connectivity index (χ0n) is 11.1. The Morgan fingerprint density at radius 2 is 2.00 bits per heavy atom. The third-order valence-electron chi connectivity index (χ3n) is 2.45. The van der Waals surface area contributed by atoms with E-state index in [2.05, 4.69) is 33.8 Å². The lowest BCUT2D eigenvalue weighted by atomic mass is 10.0. The van der Waals surface area contributed by atoms with Crippen molar-refractivity contribution in [1.29, 1.82) is 0 Å². The van der Waals surface area contributed by atoms with Crippen LogP contribution in [0.25, 0.3) is 0 Å². The van der Waals surface area contributed by atoms with Crippen molar-refractivity contribution in [3.8, 4) is 0 Å². The molecule has 0 aromatic heterocycles. The van der Waals surface area contributed by atoms with Gasteiger partial charge in [0.2, 0.25) is 0 Å². The molecule has 2 N–H and O–H groups in total. The van der Waals surface area contributed by atoms with Crippen LogP contribution in [0.15, 0.2) is 23.1 Å². The molecule has 1 atom stereocenters. The minimum Gasteiger partial charge on any atom is -0.327 e. The Morgan fingerprint density at radius 3 is 2.53 bits per heavy atom. The van der Waals surface area contributed by atoms with E-state index in [-0.39, 0.29) is 10.8 Å². The molecule has 0 aliphatic carbocycles. The summed E-state index contributed by atoms with van der Waals surface area (Å²) in [5.74, 6) is 0. The zero-order chi connectivity index (χ0) is 13.1. The lowest BCUT2D eigenvalue weighted by Gasteiger charge is -2.21. The van der Waals surface area contributed by atoms with Crippen LogP contribution in [0.3, 0.4) is 0 Å². The highest BCUT2D eigenvalue weighted by Crippen LogP contribution is 2.35. The summed E-state index contributed by atoms with van der Waals surface area (Å²) in [5.41, 5.74) is 7.31. The standard InChI is InChI=1S/C14H22ClNS/c1-5-12(16)9-10-8-11(15)6-7-13(10)17-14(2,3)4/h6-8,12H,5,9,16H2,1-4H3. The monoisotopic (exact) mass is 271 g/mol. The molecule has 0 bridgehead atoms. The lowest BCUT2D eigenvalue weighted by molar-refractivity contribution is 0.640. The number of nitrogens with two attached hydrogens (primary N) is 1. The Labute approximate surface area is 114 Å². The van der Waals surface area contributed by atoms with Crippen molar-refractivity contribution in [2.45, 2.75) is 56.2 Å². The summed E-state index contributed by atoms with van der Waals surface area (Å²) in [6.45, 7) is 8.77. The van der Waals surface area contributed by atoms with E-state index in [0.717, 1.165) is 17.9 Å². The summed E-state index contributed by atoms with van der Waals surface area (Å²) in [7, 11) is 0. The van der Waals surface area contributed by atoms with E-state index in [4.69, 9.17) is 17.3 Å². The zero-order valence-corrected chi connectivity index (χ0v) is 12.7. The summed E-state index contributed by atoms with van der Waals surface area (Å²) in [6.07, 6.45) is 1.89. The third kappa shape index (κ3) is 5.33. The second-order valence-corrected chi connectivity index (χ2v) is 7.64. The van der Waals surface area contributed by atoms with Crippen LogP contribution in [-0.2, 0) is 6.42 Å². The van der Waals surface area contributed by atoms with Crippen molar-refractivity contribution in [2.24, 2.45) is 5.73 Å². The van der Waals surface area contributed by atoms with E-state index >= 15 is 0 Å². The number of hydrogen-bond donors (Lipinski definition) is 1. The van der Waals surface area contributed by atoms with Gasteiger partial charge in [-0.3, -0.25) is 0 Å². The molecule has 1 nitrogen and oxygen atoms in total. The SMILES string of the molecule is CCC(N)Cc1cc(Cl)ccc1SC(C)(C)C. The van der Waals surface area contributed by atoms with Crippen molar-refractivity contribution in [1.82, 2.24) is 0 Å². The Bertz CT molecular complexity index is 371. The van der Waals surface area contributed by atoms with Crippen molar-refractivity contribution in [3.05, 3.63) is 28.8 Å². The van der Waals surface area contributed by atoms with Gasteiger partial charge in [-0.05, 0) is 36.6 Å². The van der Waals surface area contributed by atoms with Crippen molar-refractivity contribution < 1.29 is 0 Å². The molecule has 1 aromatic carbocycles. The summed E-state index contributed by atoms with van der Waals surface area (Å²) in [5, 5.41) is 0.793. The van der Waals surface area contributed by atoms with Gasteiger partial charge in [-0.15, -0.1) is 11.8 Å². The van der Waals surface area contributed by atoms with Gasteiger partial charge in [0, 0.05) is 20.7 Å². The molecule has 0 saturated carbocycles. The minimum atomic E-state index is 0.207. The highest BCUT2D eigenvalue weighted by atomic mass is 35.5. The van der Waals surface area contributed by atoms with Gasteiger partial charge in [-0.25, -0.2) is 0 Å². The van der Waals surface area contributed by atoms with E-state index in [1.54, 1.807) is 0 Å². The molecule has 0 heterocycles. The first-order valence-corrected chi connectivity index (χ1v) is 7.24. The molecule has 1 aromatic rings. The van der Waals surface area contributed by atoms with Gasteiger partial charge in [-0.2, -0.15) is 0 Å². The summed E-state index contributed by atoms with van der Waals surface area (Å²) in [6, 6.07) is 6.32. The lowest BCUT2D eigenvalue weighted by Crippen LogP contribution is -2.22. The van der Waals surface area contributed by atoms with Gasteiger partial charge >= 0.3 is 0 Å². The second-order valence-electron chi connectivity index (χ2n) is 5.34. The van der Waals surface area contributed by atoms with E-state index < -0.39 is 0 Å². The van der Waals surface area contributed by atoms with Crippen LogP contribution >= 0.6 is 23.4 Å². The van der Waals surface area contributed by atoms with Crippen LogP contribution in [0.2, 0.25) is 5.02 Å². The molecule has 1 rings (SSSR count). The minimum absolute atomic E-state index is 0.207. The number of benzene rings is 1. The first kappa shape index (κ1) is 14.9. The highest BCUT2D eigenvalue weighted by Gasteiger charge is 2.16. The summed E-state index contributed by atoms with van der Waals surface area (Å²) in [4.78, 5) is 1.30. The maximum absolute atomic E-state index is 6.06. The van der Waals surface area contributed by atoms with Crippen LogP contribution in [0.5, 0.6) is 0 Å². The van der Waals surface area contributed by atoms with Crippen LogP contribution in [-0.4, -0.2) is 10.8 Å². The maximum atomic E-state index is 6.06. The molecule has 0 spiro atoms. The fourth-order valence-corrected chi connectivity index (χ4v) is 2.83. The van der Waals surface area contributed by atoms with Gasteiger partial charge < -0.3 is 5.73 Å². The fraction of sp³-hybridized carbons (Fsp3) is 0.571. The summed E-state index contributed by atoms with van der Waals surface area (Å²) >= 11 is 7.94. The van der Waals surface area contributed by atoms with Gasteiger partial charge in [0.05, 0.1) is 0 Å². The average molecular weight is 272 g/mol. The largest absolute Gasteiger partial charge is 0.327 e. The molecule has 17 heavy (non-hydrogen) atoms. The van der Waals surface area contributed by atoms with E-state index in [9.17, 15) is 0 Å². The molecule has 0 saturated heterocycles. The molecule has 0 fully saturated rings.